The molecule has 0 N–H and O–H groups in total. The van der Waals surface area contributed by atoms with Gasteiger partial charge in [0.1, 0.15) is 5.01 Å². The van der Waals surface area contributed by atoms with Crippen molar-refractivity contribution in [2.45, 2.75) is 109 Å². The van der Waals surface area contributed by atoms with Crippen molar-refractivity contribution >= 4 is 22.4 Å². The maximum atomic E-state index is 13.4. The van der Waals surface area contributed by atoms with Crippen LogP contribution in [0.15, 0.2) is 0 Å². The van der Waals surface area contributed by atoms with E-state index in [9.17, 15) is 4.79 Å². The standard InChI is InChI=1S/C26H42N4OS/c1-25(2,3)23-27-28-24(32-23)29-16-10-21-20(18-29)7-6-15-30(21)22(31)17-19-8-13-26(14-9-19)11-4-5-12-26/h19-21H,4-18H2,1-3H3. The molecule has 2 unspecified atom stereocenters. The number of hydrogen-bond acceptors (Lipinski definition) is 5. The van der Waals surface area contributed by atoms with Crippen molar-refractivity contribution in [2.24, 2.45) is 17.3 Å². The van der Waals surface area contributed by atoms with Crippen LogP contribution in [0.25, 0.3) is 0 Å². The summed E-state index contributed by atoms with van der Waals surface area (Å²) < 4.78 is 0. The third-order valence-corrected chi connectivity index (χ3v) is 10.4. The lowest BCUT2D eigenvalue weighted by molar-refractivity contribution is -0.138. The van der Waals surface area contributed by atoms with Crippen molar-refractivity contribution < 1.29 is 4.79 Å². The minimum Gasteiger partial charge on any atom is -0.346 e. The molecule has 0 radical (unpaired) electrons. The highest BCUT2D eigenvalue weighted by Crippen LogP contribution is 2.51. The second kappa shape index (κ2) is 8.88. The lowest BCUT2D eigenvalue weighted by Crippen LogP contribution is -2.56. The average molecular weight is 459 g/mol. The van der Waals surface area contributed by atoms with Gasteiger partial charge in [0.15, 0.2) is 0 Å². The van der Waals surface area contributed by atoms with Crippen LogP contribution in [0.4, 0.5) is 5.13 Å². The highest BCUT2D eigenvalue weighted by molar-refractivity contribution is 7.15. The van der Waals surface area contributed by atoms with Gasteiger partial charge in [-0.1, -0.05) is 44.9 Å². The number of anilines is 1. The molecule has 2 aliphatic heterocycles. The fraction of sp³-hybridized carbons (Fsp3) is 0.885. The summed E-state index contributed by atoms with van der Waals surface area (Å²) in [7, 11) is 0. The number of amides is 1. The Morgan fingerprint density at radius 2 is 1.75 bits per heavy atom. The molecule has 2 aliphatic carbocycles. The maximum Gasteiger partial charge on any atom is 0.223 e. The largest absolute Gasteiger partial charge is 0.346 e. The molecule has 2 saturated heterocycles. The van der Waals surface area contributed by atoms with E-state index >= 15 is 0 Å². The van der Waals surface area contributed by atoms with E-state index in [0.29, 0.717) is 29.2 Å². The van der Waals surface area contributed by atoms with Gasteiger partial charge in [0.25, 0.3) is 0 Å². The fourth-order valence-electron chi connectivity index (χ4n) is 7.02. The molecular weight excluding hydrogens is 416 g/mol. The Balaban J connectivity index is 1.17. The van der Waals surface area contributed by atoms with E-state index < -0.39 is 0 Å². The summed E-state index contributed by atoms with van der Waals surface area (Å²) in [5.41, 5.74) is 0.721. The molecule has 1 amide bonds. The zero-order valence-corrected chi connectivity index (χ0v) is 21.3. The summed E-state index contributed by atoms with van der Waals surface area (Å²) in [6.07, 6.45) is 15.4. The zero-order valence-electron chi connectivity index (χ0n) is 20.4. The molecule has 2 saturated carbocycles. The summed E-state index contributed by atoms with van der Waals surface area (Å²) in [6.45, 7) is 9.61. The van der Waals surface area contributed by atoms with Gasteiger partial charge in [-0.15, -0.1) is 10.2 Å². The molecule has 1 spiro atoms. The predicted molar refractivity (Wildman–Crippen MR) is 131 cm³/mol. The number of piperidine rings is 2. The Labute approximate surface area is 198 Å². The Morgan fingerprint density at radius 1 is 1.00 bits per heavy atom. The first-order valence-corrected chi connectivity index (χ1v) is 14.0. The van der Waals surface area contributed by atoms with E-state index in [1.165, 1.54) is 57.8 Å². The quantitative estimate of drug-likeness (QED) is 0.575. The molecule has 1 aromatic heterocycles. The summed E-state index contributed by atoms with van der Waals surface area (Å²) in [4.78, 5) is 18.1. The predicted octanol–water partition coefficient (Wildman–Crippen LogP) is 5.79. The minimum absolute atomic E-state index is 0.0544. The molecule has 0 bridgehead atoms. The Kier molecular flexibility index (Phi) is 6.28. The average Bonchev–Trinajstić information content (AvgIpc) is 3.45. The number of carbonyl (C=O) groups is 1. The van der Waals surface area contributed by atoms with Crippen LogP contribution < -0.4 is 4.90 Å². The Morgan fingerprint density at radius 3 is 2.44 bits per heavy atom. The van der Waals surface area contributed by atoms with Crippen LogP contribution in [-0.2, 0) is 10.2 Å². The van der Waals surface area contributed by atoms with E-state index in [0.717, 1.165) is 49.0 Å². The van der Waals surface area contributed by atoms with Crippen LogP contribution in [-0.4, -0.2) is 46.7 Å². The fourth-order valence-corrected chi connectivity index (χ4v) is 7.95. The minimum atomic E-state index is 0.0544. The van der Waals surface area contributed by atoms with E-state index in [1.807, 2.05) is 0 Å². The second-order valence-corrected chi connectivity index (χ2v) is 13.2. The lowest BCUT2D eigenvalue weighted by Gasteiger charge is -2.47. The lowest BCUT2D eigenvalue weighted by atomic mass is 9.68. The summed E-state index contributed by atoms with van der Waals surface area (Å²) >= 11 is 1.75. The number of rotatable bonds is 3. The maximum absolute atomic E-state index is 13.4. The first-order chi connectivity index (χ1) is 15.3. The third-order valence-electron chi connectivity index (χ3n) is 9.01. The number of likely N-dealkylation sites (tertiary alicyclic amines) is 1. The van der Waals surface area contributed by atoms with Crippen LogP contribution in [0.3, 0.4) is 0 Å². The topological polar surface area (TPSA) is 49.3 Å². The van der Waals surface area contributed by atoms with Gasteiger partial charge >= 0.3 is 0 Å². The van der Waals surface area contributed by atoms with Crippen LogP contribution in [0.5, 0.6) is 0 Å². The number of fused-ring (bicyclic) bond motifs is 1. The third kappa shape index (κ3) is 4.58. The number of hydrogen-bond donors (Lipinski definition) is 0. The van der Waals surface area contributed by atoms with E-state index in [4.69, 9.17) is 0 Å². The zero-order chi connectivity index (χ0) is 22.3. The molecule has 4 fully saturated rings. The van der Waals surface area contributed by atoms with Crippen LogP contribution in [0.1, 0.15) is 103 Å². The molecule has 3 heterocycles. The summed E-state index contributed by atoms with van der Waals surface area (Å²) in [5, 5.41) is 11.2. The number of nitrogens with zero attached hydrogens (tertiary/aromatic N) is 4. The van der Waals surface area contributed by atoms with Gasteiger partial charge in [-0.2, -0.15) is 0 Å². The molecule has 0 aromatic carbocycles. The van der Waals surface area contributed by atoms with Gasteiger partial charge < -0.3 is 9.80 Å². The van der Waals surface area contributed by atoms with Crippen LogP contribution in [0, 0.1) is 17.3 Å². The van der Waals surface area contributed by atoms with Gasteiger partial charge in [-0.05, 0) is 75.0 Å². The van der Waals surface area contributed by atoms with Crippen molar-refractivity contribution in [1.29, 1.82) is 0 Å². The van der Waals surface area contributed by atoms with Gasteiger partial charge in [0.2, 0.25) is 11.0 Å². The van der Waals surface area contributed by atoms with Crippen molar-refractivity contribution in [2.75, 3.05) is 24.5 Å². The summed E-state index contributed by atoms with van der Waals surface area (Å²) in [6, 6.07) is 0.437. The molecule has 6 heteroatoms. The molecule has 4 aliphatic rings. The molecular formula is C26H42N4OS. The SMILES string of the molecule is CC(C)(C)c1nnc(N2CCC3C(CCCN3C(=O)CC3CCC4(CCCC4)CC3)C2)s1. The molecule has 2 atom stereocenters. The molecule has 178 valence electrons. The van der Waals surface area contributed by atoms with Crippen molar-refractivity contribution in [3.63, 3.8) is 0 Å². The van der Waals surface area contributed by atoms with Gasteiger partial charge in [-0.25, -0.2) is 0 Å². The van der Waals surface area contributed by atoms with E-state index in [1.54, 1.807) is 11.3 Å². The first-order valence-electron chi connectivity index (χ1n) is 13.2. The van der Waals surface area contributed by atoms with E-state index in [-0.39, 0.29) is 5.41 Å². The monoisotopic (exact) mass is 458 g/mol. The summed E-state index contributed by atoms with van der Waals surface area (Å²) in [5.74, 6) is 1.66. The number of carbonyl (C=O) groups excluding carboxylic acids is 1. The highest BCUT2D eigenvalue weighted by Gasteiger charge is 2.41. The normalized spacial score (nSPS) is 28.8. The smallest absolute Gasteiger partial charge is 0.223 e. The highest BCUT2D eigenvalue weighted by atomic mass is 32.1. The Hall–Kier alpha value is -1.17. The van der Waals surface area contributed by atoms with Gasteiger partial charge in [0.05, 0.1) is 0 Å². The number of aromatic nitrogens is 2. The van der Waals surface area contributed by atoms with E-state index in [2.05, 4.69) is 40.8 Å². The van der Waals surface area contributed by atoms with Gasteiger partial charge in [0, 0.05) is 37.5 Å². The van der Waals surface area contributed by atoms with Crippen LogP contribution in [0.2, 0.25) is 0 Å². The molecule has 5 nitrogen and oxygen atoms in total. The second-order valence-electron chi connectivity index (χ2n) is 12.3. The van der Waals surface area contributed by atoms with Crippen molar-refractivity contribution in [3.8, 4) is 0 Å². The molecule has 32 heavy (non-hydrogen) atoms. The van der Waals surface area contributed by atoms with Crippen molar-refractivity contribution in [3.05, 3.63) is 5.01 Å². The molecule has 1 aromatic rings. The van der Waals surface area contributed by atoms with Crippen LogP contribution >= 0.6 is 11.3 Å². The van der Waals surface area contributed by atoms with Gasteiger partial charge in [-0.3, -0.25) is 4.79 Å². The van der Waals surface area contributed by atoms with Crippen molar-refractivity contribution in [1.82, 2.24) is 15.1 Å². The first kappa shape index (κ1) is 22.6. The molecule has 5 rings (SSSR count). The Bertz CT molecular complexity index is 799.